The van der Waals surface area contributed by atoms with Crippen molar-refractivity contribution in [3.05, 3.63) is 89.5 Å². The summed E-state index contributed by atoms with van der Waals surface area (Å²) in [6.45, 7) is 2.96. The third-order valence-electron chi connectivity index (χ3n) is 5.20. The van der Waals surface area contributed by atoms with Gasteiger partial charge in [0.05, 0.1) is 13.2 Å². The smallest absolute Gasteiger partial charge is 0.251 e. The Bertz CT molecular complexity index is 963. The highest BCUT2D eigenvalue weighted by molar-refractivity contribution is 5.95. The predicted molar refractivity (Wildman–Crippen MR) is 123 cm³/mol. The van der Waals surface area contributed by atoms with E-state index in [-0.39, 0.29) is 11.9 Å². The number of benzene rings is 3. The Morgan fingerprint density at radius 1 is 0.967 bits per heavy atom. The van der Waals surface area contributed by atoms with Crippen molar-refractivity contribution in [3.63, 3.8) is 0 Å². The fourth-order valence-electron chi connectivity index (χ4n) is 3.37. The molecule has 0 bridgehead atoms. The summed E-state index contributed by atoms with van der Waals surface area (Å²) in [5.74, 6) is 0.754. The summed E-state index contributed by atoms with van der Waals surface area (Å²) >= 11 is 0. The van der Waals surface area contributed by atoms with Gasteiger partial charge < -0.3 is 15.0 Å². The van der Waals surface area contributed by atoms with Crippen molar-refractivity contribution < 1.29 is 9.53 Å². The van der Waals surface area contributed by atoms with E-state index in [0.717, 1.165) is 35.4 Å². The molecule has 0 radical (unpaired) electrons. The van der Waals surface area contributed by atoms with Crippen LogP contribution in [0, 0.1) is 6.92 Å². The van der Waals surface area contributed by atoms with Crippen LogP contribution in [-0.2, 0) is 0 Å². The van der Waals surface area contributed by atoms with Gasteiger partial charge >= 0.3 is 0 Å². The first kappa shape index (κ1) is 21.6. The highest BCUT2D eigenvalue weighted by Crippen LogP contribution is 2.24. The number of nitrogens with one attached hydrogen (secondary N) is 1. The van der Waals surface area contributed by atoms with Gasteiger partial charge in [0.15, 0.2) is 0 Å². The molecule has 0 aliphatic rings. The zero-order chi connectivity index (χ0) is 21.5. The Morgan fingerprint density at radius 2 is 1.67 bits per heavy atom. The number of aryl methyl sites for hydroxylation is 1. The van der Waals surface area contributed by atoms with Crippen LogP contribution in [0.15, 0.2) is 72.8 Å². The van der Waals surface area contributed by atoms with Gasteiger partial charge in [0.2, 0.25) is 0 Å². The zero-order valence-electron chi connectivity index (χ0n) is 18.2. The van der Waals surface area contributed by atoms with Crippen LogP contribution in [0.1, 0.15) is 33.9 Å². The van der Waals surface area contributed by atoms with Crippen LogP contribution in [0.4, 0.5) is 0 Å². The van der Waals surface area contributed by atoms with Crippen molar-refractivity contribution in [2.45, 2.75) is 19.4 Å². The first-order valence-corrected chi connectivity index (χ1v) is 10.2. The zero-order valence-corrected chi connectivity index (χ0v) is 18.2. The van der Waals surface area contributed by atoms with Gasteiger partial charge in [0, 0.05) is 5.56 Å². The van der Waals surface area contributed by atoms with Crippen LogP contribution in [0.2, 0.25) is 0 Å². The lowest BCUT2D eigenvalue weighted by Crippen LogP contribution is -2.31. The third kappa shape index (κ3) is 5.71. The second-order valence-electron chi connectivity index (χ2n) is 7.84. The Morgan fingerprint density at radius 3 is 2.30 bits per heavy atom. The first-order chi connectivity index (χ1) is 14.5. The average molecular weight is 403 g/mol. The monoisotopic (exact) mass is 402 g/mol. The molecule has 0 aliphatic heterocycles. The quantitative estimate of drug-likeness (QED) is 0.570. The summed E-state index contributed by atoms with van der Waals surface area (Å²) in [6, 6.07) is 24.0. The van der Waals surface area contributed by atoms with Gasteiger partial charge in [-0.2, -0.15) is 0 Å². The van der Waals surface area contributed by atoms with Gasteiger partial charge in [-0.15, -0.1) is 0 Å². The maximum Gasteiger partial charge on any atom is 0.251 e. The topological polar surface area (TPSA) is 41.6 Å². The predicted octanol–water partition coefficient (Wildman–Crippen LogP) is 5.09. The second kappa shape index (κ2) is 10.1. The lowest BCUT2D eigenvalue weighted by atomic mass is 10.00. The number of nitrogens with zero attached hydrogens (tertiary/aromatic N) is 1. The summed E-state index contributed by atoms with van der Waals surface area (Å²) in [6.07, 6.45) is 0.847. The van der Waals surface area contributed by atoms with Crippen LogP contribution in [0.3, 0.4) is 0 Å². The number of methoxy groups -OCH3 is 1. The standard InChI is InChI=1S/C26H30N2O2/c1-19-8-10-21(11-9-19)25(16-17-28(2)3)27-26(29)23-7-5-6-22(18-23)20-12-14-24(30-4)15-13-20/h5-15,18,25H,16-17H2,1-4H3,(H,27,29)/t25-/m0/s1. The lowest BCUT2D eigenvalue weighted by Gasteiger charge is -2.22. The molecular weight excluding hydrogens is 372 g/mol. The molecule has 0 aliphatic carbocycles. The molecule has 3 aromatic rings. The number of carbonyl (C=O) groups is 1. The largest absolute Gasteiger partial charge is 0.497 e. The van der Waals surface area contributed by atoms with Crippen LogP contribution in [0.5, 0.6) is 5.75 Å². The van der Waals surface area contributed by atoms with Crippen molar-refractivity contribution in [2.24, 2.45) is 0 Å². The minimum atomic E-state index is -0.0605. The van der Waals surface area contributed by atoms with E-state index in [1.54, 1.807) is 7.11 Å². The van der Waals surface area contributed by atoms with E-state index in [0.29, 0.717) is 5.56 Å². The molecule has 4 nitrogen and oxygen atoms in total. The van der Waals surface area contributed by atoms with Crippen LogP contribution in [-0.4, -0.2) is 38.6 Å². The van der Waals surface area contributed by atoms with Crippen LogP contribution >= 0.6 is 0 Å². The molecule has 0 spiro atoms. The van der Waals surface area contributed by atoms with Crippen molar-refractivity contribution in [2.75, 3.05) is 27.7 Å². The van der Waals surface area contributed by atoms with E-state index >= 15 is 0 Å². The molecule has 0 heterocycles. The number of ether oxygens (including phenoxy) is 1. The maximum atomic E-state index is 13.1. The molecule has 0 saturated carbocycles. The van der Waals surface area contributed by atoms with Gasteiger partial charge in [0.25, 0.3) is 5.91 Å². The van der Waals surface area contributed by atoms with Crippen molar-refractivity contribution in [3.8, 4) is 16.9 Å². The highest BCUT2D eigenvalue weighted by Gasteiger charge is 2.16. The van der Waals surface area contributed by atoms with Gasteiger partial charge in [-0.25, -0.2) is 0 Å². The SMILES string of the molecule is COc1ccc(-c2cccc(C(=O)N[C@@H](CCN(C)C)c3ccc(C)cc3)c2)cc1. The lowest BCUT2D eigenvalue weighted by molar-refractivity contribution is 0.0932. The van der Waals surface area contributed by atoms with Crippen LogP contribution < -0.4 is 10.1 Å². The van der Waals surface area contributed by atoms with Crippen molar-refractivity contribution in [1.82, 2.24) is 10.2 Å². The molecule has 1 atom stereocenters. The number of amides is 1. The number of carbonyl (C=O) groups excluding carboxylic acids is 1. The highest BCUT2D eigenvalue weighted by atomic mass is 16.5. The van der Waals surface area contributed by atoms with Crippen LogP contribution in [0.25, 0.3) is 11.1 Å². The molecule has 1 amide bonds. The van der Waals surface area contributed by atoms with Gasteiger partial charge in [-0.1, -0.05) is 54.1 Å². The van der Waals surface area contributed by atoms with E-state index in [2.05, 4.69) is 41.4 Å². The fourth-order valence-corrected chi connectivity index (χ4v) is 3.37. The van der Waals surface area contributed by atoms with Crippen molar-refractivity contribution in [1.29, 1.82) is 0 Å². The molecule has 1 N–H and O–H groups in total. The summed E-state index contributed by atoms with van der Waals surface area (Å²) < 4.78 is 5.23. The minimum Gasteiger partial charge on any atom is -0.497 e. The fraction of sp³-hybridized carbons (Fsp3) is 0.269. The molecule has 3 aromatic carbocycles. The van der Waals surface area contributed by atoms with Crippen molar-refractivity contribution >= 4 is 5.91 Å². The summed E-state index contributed by atoms with van der Waals surface area (Å²) in [4.78, 5) is 15.2. The molecule has 0 saturated heterocycles. The molecule has 156 valence electrons. The molecule has 3 rings (SSSR count). The van der Waals surface area contributed by atoms with Gasteiger partial charge in [0.1, 0.15) is 5.75 Å². The Labute approximate surface area is 179 Å². The van der Waals surface area contributed by atoms with E-state index < -0.39 is 0 Å². The van der Waals surface area contributed by atoms with E-state index in [9.17, 15) is 4.79 Å². The average Bonchev–Trinajstić information content (AvgIpc) is 2.77. The van der Waals surface area contributed by atoms with E-state index in [1.165, 1.54) is 5.56 Å². The summed E-state index contributed by atoms with van der Waals surface area (Å²) in [7, 11) is 5.75. The minimum absolute atomic E-state index is 0.0369. The second-order valence-corrected chi connectivity index (χ2v) is 7.84. The number of hydrogen-bond donors (Lipinski definition) is 1. The Hall–Kier alpha value is -3.11. The first-order valence-electron chi connectivity index (χ1n) is 10.2. The summed E-state index contributed by atoms with van der Waals surface area (Å²) in [5, 5.41) is 3.24. The number of rotatable bonds is 8. The Kier molecular flexibility index (Phi) is 7.26. The Balaban J connectivity index is 1.80. The number of hydrogen-bond acceptors (Lipinski definition) is 3. The van der Waals surface area contributed by atoms with E-state index in [4.69, 9.17) is 4.74 Å². The summed E-state index contributed by atoms with van der Waals surface area (Å²) in [5.41, 5.74) is 5.05. The van der Waals surface area contributed by atoms with E-state index in [1.807, 2.05) is 62.6 Å². The third-order valence-corrected chi connectivity index (χ3v) is 5.20. The van der Waals surface area contributed by atoms with Gasteiger partial charge in [-0.05, 0) is 74.9 Å². The van der Waals surface area contributed by atoms with Gasteiger partial charge in [-0.3, -0.25) is 4.79 Å². The normalized spacial score (nSPS) is 11.9. The molecule has 0 fully saturated rings. The molecular formula is C26H30N2O2. The molecule has 4 heteroatoms. The molecule has 30 heavy (non-hydrogen) atoms. The molecule has 0 aromatic heterocycles. The molecule has 0 unspecified atom stereocenters. The maximum absolute atomic E-state index is 13.1.